The fraction of sp³-hybridized carbons (Fsp3) is 0.133. The highest BCUT2D eigenvalue weighted by molar-refractivity contribution is 6.35. The lowest BCUT2D eigenvalue weighted by atomic mass is 10.1. The number of rotatable bonds is 6. The Kier molecular flexibility index (Phi) is 5.50. The number of hydrogen-bond acceptors (Lipinski definition) is 6. The van der Waals surface area contributed by atoms with Crippen LogP contribution in [0.3, 0.4) is 0 Å². The maximum Gasteiger partial charge on any atom is 0.295 e. The van der Waals surface area contributed by atoms with Gasteiger partial charge in [0.15, 0.2) is 5.02 Å². The van der Waals surface area contributed by atoms with Crippen LogP contribution in [0.15, 0.2) is 36.4 Å². The molecule has 9 nitrogen and oxygen atoms in total. The molecule has 2 aromatic rings. The first-order chi connectivity index (χ1) is 11.8. The van der Waals surface area contributed by atoms with E-state index in [4.69, 9.17) is 16.3 Å². The number of carbonyl (C=O) groups is 1. The summed E-state index contributed by atoms with van der Waals surface area (Å²) >= 11 is 5.65. The summed E-state index contributed by atoms with van der Waals surface area (Å²) in [6.45, 7) is 0.132. The monoisotopic (exact) mass is 365 g/mol. The fourth-order valence-electron chi connectivity index (χ4n) is 2.02. The molecule has 1 amide bonds. The van der Waals surface area contributed by atoms with E-state index in [1.165, 1.54) is 7.11 Å². The van der Waals surface area contributed by atoms with Crippen molar-refractivity contribution in [1.82, 2.24) is 5.32 Å². The lowest BCUT2D eigenvalue weighted by molar-refractivity contribution is -0.393. The molecule has 0 atom stereocenters. The normalized spacial score (nSPS) is 10.2. The second-order valence-corrected chi connectivity index (χ2v) is 5.25. The minimum absolute atomic E-state index is 0.132. The van der Waals surface area contributed by atoms with Gasteiger partial charge in [-0.05, 0) is 17.7 Å². The number of carbonyl (C=O) groups excluding carboxylic acids is 1. The van der Waals surface area contributed by atoms with Crippen LogP contribution in [0, 0.1) is 20.2 Å². The zero-order valence-electron chi connectivity index (χ0n) is 12.9. The second kappa shape index (κ2) is 7.58. The Labute approximate surface area is 146 Å². The average Bonchev–Trinajstić information content (AvgIpc) is 2.59. The molecule has 0 aliphatic rings. The molecule has 0 aliphatic carbocycles. The molecule has 130 valence electrons. The molecule has 0 unspecified atom stereocenters. The Morgan fingerprint density at radius 3 is 2.08 bits per heavy atom. The summed E-state index contributed by atoms with van der Waals surface area (Å²) in [7, 11) is 1.52. The van der Waals surface area contributed by atoms with Crippen molar-refractivity contribution >= 4 is 28.9 Å². The van der Waals surface area contributed by atoms with Gasteiger partial charge in [0.1, 0.15) is 5.75 Å². The summed E-state index contributed by atoms with van der Waals surface area (Å²) < 4.78 is 5.02. The van der Waals surface area contributed by atoms with E-state index in [0.717, 1.165) is 17.7 Å². The quantitative estimate of drug-likeness (QED) is 0.619. The molecule has 0 aromatic heterocycles. The number of methoxy groups -OCH3 is 1. The van der Waals surface area contributed by atoms with Gasteiger partial charge < -0.3 is 10.1 Å². The maximum atomic E-state index is 12.2. The summed E-state index contributed by atoms with van der Waals surface area (Å²) in [4.78, 5) is 32.4. The van der Waals surface area contributed by atoms with Gasteiger partial charge in [0.2, 0.25) is 0 Å². The number of benzene rings is 2. The Hall–Kier alpha value is -3.20. The first kappa shape index (κ1) is 18.1. The van der Waals surface area contributed by atoms with Gasteiger partial charge in [-0.1, -0.05) is 23.7 Å². The van der Waals surface area contributed by atoms with Crippen molar-refractivity contribution < 1.29 is 19.4 Å². The van der Waals surface area contributed by atoms with Crippen LogP contribution in [-0.4, -0.2) is 22.9 Å². The van der Waals surface area contributed by atoms with E-state index in [1.807, 2.05) is 0 Å². The smallest absolute Gasteiger partial charge is 0.295 e. The molecule has 0 aliphatic heterocycles. The summed E-state index contributed by atoms with van der Waals surface area (Å²) in [6.07, 6.45) is 0. The minimum Gasteiger partial charge on any atom is -0.497 e. The van der Waals surface area contributed by atoms with Crippen LogP contribution in [0.2, 0.25) is 5.02 Å². The van der Waals surface area contributed by atoms with Crippen molar-refractivity contribution in [2.24, 2.45) is 0 Å². The Bertz CT molecular complexity index is 803. The van der Waals surface area contributed by atoms with E-state index >= 15 is 0 Å². The predicted molar refractivity (Wildman–Crippen MR) is 88.9 cm³/mol. The third kappa shape index (κ3) is 4.21. The van der Waals surface area contributed by atoms with Crippen LogP contribution in [0.1, 0.15) is 15.9 Å². The zero-order valence-corrected chi connectivity index (χ0v) is 13.6. The van der Waals surface area contributed by atoms with E-state index in [-0.39, 0.29) is 12.1 Å². The van der Waals surface area contributed by atoms with Gasteiger partial charge in [0.05, 0.1) is 22.5 Å². The number of hydrogen-bond donors (Lipinski definition) is 1. The Morgan fingerprint density at radius 2 is 1.64 bits per heavy atom. The van der Waals surface area contributed by atoms with Gasteiger partial charge in [-0.2, -0.15) is 0 Å². The number of nitrogens with zero attached hydrogens (tertiary/aromatic N) is 2. The van der Waals surface area contributed by atoms with E-state index in [9.17, 15) is 25.0 Å². The van der Waals surface area contributed by atoms with Gasteiger partial charge in [0, 0.05) is 18.7 Å². The van der Waals surface area contributed by atoms with Gasteiger partial charge in [-0.3, -0.25) is 25.0 Å². The molecular weight excluding hydrogens is 354 g/mol. The van der Waals surface area contributed by atoms with Crippen LogP contribution in [0.25, 0.3) is 0 Å². The van der Waals surface area contributed by atoms with Gasteiger partial charge in [0.25, 0.3) is 17.3 Å². The Balaban J connectivity index is 2.23. The van der Waals surface area contributed by atoms with Gasteiger partial charge >= 0.3 is 0 Å². The zero-order chi connectivity index (χ0) is 18.6. The molecule has 2 rings (SSSR count). The summed E-state index contributed by atoms with van der Waals surface area (Å²) in [5, 5.41) is 23.8. The first-order valence-corrected chi connectivity index (χ1v) is 7.24. The number of nitro groups is 2. The van der Waals surface area contributed by atoms with Gasteiger partial charge in [-0.15, -0.1) is 0 Å². The van der Waals surface area contributed by atoms with E-state index < -0.39 is 32.2 Å². The minimum atomic E-state index is -0.879. The third-order valence-electron chi connectivity index (χ3n) is 3.30. The Morgan fingerprint density at radius 1 is 1.12 bits per heavy atom. The van der Waals surface area contributed by atoms with Crippen molar-refractivity contribution in [3.63, 3.8) is 0 Å². The topological polar surface area (TPSA) is 125 Å². The predicted octanol–water partition coefficient (Wildman–Crippen LogP) is 3.10. The molecule has 2 aromatic carbocycles. The molecular formula is C15H12ClN3O6. The highest BCUT2D eigenvalue weighted by Gasteiger charge is 2.27. The largest absolute Gasteiger partial charge is 0.497 e. The molecule has 1 N–H and O–H groups in total. The standard InChI is InChI=1S/C15H12ClN3O6/c1-25-11-4-2-9(3-5-11)8-17-15(20)10-6-12(18(21)22)14(16)13(7-10)19(23)24/h2-7H,8H2,1H3,(H,17,20). The van der Waals surface area contributed by atoms with Crippen LogP contribution in [0.4, 0.5) is 11.4 Å². The van der Waals surface area contributed by atoms with Crippen molar-refractivity contribution in [2.45, 2.75) is 6.54 Å². The molecule has 0 radical (unpaired) electrons. The lowest BCUT2D eigenvalue weighted by Crippen LogP contribution is -2.23. The number of ether oxygens (including phenoxy) is 1. The molecule has 0 fully saturated rings. The molecule has 0 saturated carbocycles. The highest BCUT2D eigenvalue weighted by atomic mass is 35.5. The number of nitro benzene ring substituents is 2. The maximum absolute atomic E-state index is 12.2. The van der Waals surface area contributed by atoms with E-state index in [1.54, 1.807) is 24.3 Å². The summed E-state index contributed by atoms with van der Waals surface area (Å²) in [6, 6.07) is 8.67. The van der Waals surface area contributed by atoms with E-state index in [0.29, 0.717) is 5.75 Å². The number of halogens is 1. The molecule has 0 heterocycles. The summed E-state index contributed by atoms with van der Waals surface area (Å²) in [5.41, 5.74) is -0.876. The van der Waals surface area contributed by atoms with Crippen molar-refractivity contribution in [1.29, 1.82) is 0 Å². The average molecular weight is 366 g/mol. The molecule has 0 spiro atoms. The lowest BCUT2D eigenvalue weighted by Gasteiger charge is -2.07. The molecule has 0 saturated heterocycles. The second-order valence-electron chi connectivity index (χ2n) is 4.87. The van der Waals surface area contributed by atoms with Crippen LogP contribution in [-0.2, 0) is 6.54 Å². The summed E-state index contributed by atoms with van der Waals surface area (Å²) in [5.74, 6) is -0.0438. The van der Waals surface area contributed by atoms with Crippen LogP contribution >= 0.6 is 11.6 Å². The van der Waals surface area contributed by atoms with Crippen LogP contribution in [0.5, 0.6) is 5.75 Å². The van der Waals surface area contributed by atoms with Crippen molar-refractivity contribution in [3.05, 3.63) is 72.8 Å². The van der Waals surface area contributed by atoms with Crippen molar-refractivity contribution in [2.75, 3.05) is 7.11 Å². The number of nitrogens with one attached hydrogen (secondary N) is 1. The fourth-order valence-corrected chi connectivity index (χ4v) is 2.27. The molecule has 25 heavy (non-hydrogen) atoms. The first-order valence-electron chi connectivity index (χ1n) is 6.87. The highest BCUT2D eigenvalue weighted by Crippen LogP contribution is 2.34. The van der Waals surface area contributed by atoms with E-state index in [2.05, 4.69) is 5.32 Å². The molecule has 10 heteroatoms. The molecule has 0 bridgehead atoms. The SMILES string of the molecule is COc1ccc(CNC(=O)c2cc([N+](=O)[O-])c(Cl)c([N+](=O)[O-])c2)cc1. The number of amides is 1. The van der Waals surface area contributed by atoms with Crippen LogP contribution < -0.4 is 10.1 Å². The van der Waals surface area contributed by atoms with Crippen molar-refractivity contribution in [3.8, 4) is 5.75 Å². The third-order valence-corrected chi connectivity index (χ3v) is 3.69. The van der Waals surface area contributed by atoms with Gasteiger partial charge in [-0.25, -0.2) is 0 Å².